The van der Waals surface area contributed by atoms with E-state index in [-0.39, 0.29) is 15.1 Å². The summed E-state index contributed by atoms with van der Waals surface area (Å²) in [5.41, 5.74) is 0. The van der Waals surface area contributed by atoms with Crippen LogP contribution in [0.4, 0.5) is 0 Å². The molecule has 1 saturated heterocycles. The minimum absolute atomic E-state index is 0.0501. The molecule has 1 aliphatic rings. The van der Waals surface area contributed by atoms with Gasteiger partial charge in [0.25, 0.3) is 10.0 Å². The van der Waals surface area contributed by atoms with Gasteiger partial charge in [-0.25, -0.2) is 13.2 Å². The molecular formula is C13H19NO4S2. The van der Waals surface area contributed by atoms with Gasteiger partial charge in [-0.3, -0.25) is 0 Å². The van der Waals surface area contributed by atoms with E-state index in [0.29, 0.717) is 6.54 Å². The number of hydrogen-bond acceptors (Lipinski definition) is 4. The first-order chi connectivity index (χ1) is 9.46. The molecule has 1 aliphatic heterocycles. The summed E-state index contributed by atoms with van der Waals surface area (Å²) in [6, 6.07) is 2.81. The van der Waals surface area contributed by atoms with Crippen LogP contribution in [-0.2, 0) is 10.0 Å². The van der Waals surface area contributed by atoms with Crippen LogP contribution >= 0.6 is 11.3 Å². The zero-order valence-corrected chi connectivity index (χ0v) is 13.0. The molecule has 1 aromatic heterocycles. The van der Waals surface area contributed by atoms with Gasteiger partial charge in [0.05, 0.1) is 0 Å². The van der Waals surface area contributed by atoms with E-state index in [4.69, 9.17) is 5.11 Å². The summed E-state index contributed by atoms with van der Waals surface area (Å²) >= 11 is 0.833. The highest BCUT2D eigenvalue weighted by molar-refractivity contribution is 7.91. The molecule has 1 fully saturated rings. The first-order valence-electron chi connectivity index (χ1n) is 6.81. The molecule has 0 spiro atoms. The molecule has 1 N–H and O–H groups in total. The van der Waals surface area contributed by atoms with Gasteiger partial charge < -0.3 is 5.11 Å². The lowest BCUT2D eigenvalue weighted by molar-refractivity contribution is 0.0702. The zero-order valence-electron chi connectivity index (χ0n) is 11.4. The third-order valence-corrected chi connectivity index (χ3v) is 7.04. The van der Waals surface area contributed by atoms with E-state index in [1.54, 1.807) is 4.31 Å². The Morgan fingerprint density at radius 2 is 2.20 bits per heavy atom. The largest absolute Gasteiger partial charge is 0.477 e. The first-order valence-corrected chi connectivity index (χ1v) is 9.07. The number of carboxylic acid groups (broad SMARTS) is 1. The molecule has 20 heavy (non-hydrogen) atoms. The molecular weight excluding hydrogens is 298 g/mol. The molecule has 1 atom stereocenters. The Balaban J connectivity index is 2.29. The van der Waals surface area contributed by atoms with Crippen molar-refractivity contribution in [2.45, 2.75) is 49.3 Å². The van der Waals surface area contributed by atoms with E-state index in [9.17, 15) is 13.2 Å². The third kappa shape index (κ3) is 3.05. The van der Waals surface area contributed by atoms with Crippen molar-refractivity contribution in [3.63, 3.8) is 0 Å². The van der Waals surface area contributed by atoms with Crippen LogP contribution in [0.25, 0.3) is 0 Å². The maximum absolute atomic E-state index is 12.7. The van der Waals surface area contributed by atoms with Crippen LogP contribution in [-0.4, -0.2) is 36.4 Å². The number of rotatable bonds is 5. The second kappa shape index (κ2) is 6.24. The number of carboxylic acids is 1. The van der Waals surface area contributed by atoms with Gasteiger partial charge in [-0.2, -0.15) is 4.31 Å². The molecule has 112 valence electrons. The van der Waals surface area contributed by atoms with Crippen LogP contribution in [0, 0.1) is 0 Å². The summed E-state index contributed by atoms with van der Waals surface area (Å²) < 4.78 is 27.0. The lowest BCUT2D eigenvalue weighted by Crippen LogP contribution is -2.43. The van der Waals surface area contributed by atoms with Crippen molar-refractivity contribution in [2.24, 2.45) is 0 Å². The van der Waals surface area contributed by atoms with E-state index in [2.05, 4.69) is 0 Å². The Hall–Kier alpha value is -0.920. The lowest BCUT2D eigenvalue weighted by Gasteiger charge is -2.34. The second-order valence-corrected chi connectivity index (χ2v) is 8.18. The van der Waals surface area contributed by atoms with Gasteiger partial charge in [-0.05, 0) is 31.4 Å². The molecule has 2 heterocycles. The van der Waals surface area contributed by atoms with E-state index in [1.807, 2.05) is 6.92 Å². The fourth-order valence-electron chi connectivity index (χ4n) is 2.60. The fourth-order valence-corrected chi connectivity index (χ4v) is 5.60. The number of aromatic carboxylic acids is 1. The van der Waals surface area contributed by atoms with Crippen molar-refractivity contribution < 1.29 is 18.3 Å². The number of hydrogen-bond donors (Lipinski definition) is 1. The van der Waals surface area contributed by atoms with Gasteiger partial charge >= 0.3 is 5.97 Å². The smallest absolute Gasteiger partial charge is 0.345 e. The van der Waals surface area contributed by atoms with Gasteiger partial charge in [-0.1, -0.05) is 19.8 Å². The summed E-state index contributed by atoms with van der Waals surface area (Å²) in [5.74, 6) is -1.08. The van der Waals surface area contributed by atoms with E-state index < -0.39 is 16.0 Å². The number of carbonyl (C=O) groups is 1. The SMILES string of the molecule is CCCC1CCCCN1S(=O)(=O)c1ccc(C(=O)O)s1. The Morgan fingerprint density at radius 3 is 2.80 bits per heavy atom. The molecule has 0 amide bonds. The molecule has 0 radical (unpaired) electrons. The number of nitrogens with zero attached hydrogens (tertiary/aromatic N) is 1. The van der Waals surface area contributed by atoms with Crippen LogP contribution in [0.5, 0.6) is 0 Å². The highest BCUT2D eigenvalue weighted by atomic mass is 32.2. The maximum atomic E-state index is 12.7. The summed E-state index contributed by atoms with van der Waals surface area (Å²) in [7, 11) is -3.56. The van der Waals surface area contributed by atoms with Crippen molar-refractivity contribution in [3.05, 3.63) is 17.0 Å². The van der Waals surface area contributed by atoms with Crippen molar-refractivity contribution in [1.82, 2.24) is 4.31 Å². The molecule has 7 heteroatoms. The Kier molecular flexibility index (Phi) is 4.82. The standard InChI is InChI=1S/C13H19NO4S2/c1-2-5-10-6-3-4-9-14(10)20(17,18)12-8-7-11(19-12)13(15)16/h7-8,10H,2-6,9H2,1H3,(H,15,16). The Labute approximate surface area is 123 Å². The van der Waals surface area contributed by atoms with Crippen LogP contribution in [0.2, 0.25) is 0 Å². The molecule has 2 rings (SSSR count). The van der Waals surface area contributed by atoms with Crippen LogP contribution in [0.1, 0.15) is 48.7 Å². The van der Waals surface area contributed by atoms with E-state index in [0.717, 1.165) is 43.4 Å². The van der Waals surface area contributed by atoms with Crippen molar-refractivity contribution in [3.8, 4) is 0 Å². The van der Waals surface area contributed by atoms with Gasteiger partial charge in [0.1, 0.15) is 9.09 Å². The molecule has 0 saturated carbocycles. The van der Waals surface area contributed by atoms with Crippen molar-refractivity contribution in [2.75, 3.05) is 6.54 Å². The number of sulfonamides is 1. The van der Waals surface area contributed by atoms with Gasteiger partial charge in [0, 0.05) is 12.6 Å². The summed E-state index contributed by atoms with van der Waals surface area (Å²) in [6.07, 6.45) is 4.63. The molecule has 1 unspecified atom stereocenters. The normalized spacial score (nSPS) is 20.9. The highest BCUT2D eigenvalue weighted by Gasteiger charge is 2.34. The summed E-state index contributed by atoms with van der Waals surface area (Å²) in [6.45, 7) is 2.58. The minimum Gasteiger partial charge on any atom is -0.477 e. The average molecular weight is 317 g/mol. The van der Waals surface area contributed by atoms with Crippen molar-refractivity contribution in [1.29, 1.82) is 0 Å². The fraction of sp³-hybridized carbons (Fsp3) is 0.615. The first kappa shape index (κ1) is 15.5. The monoisotopic (exact) mass is 317 g/mol. The molecule has 0 aliphatic carbocycles. The second-order valence-electron chi connectivity index (χ2n) is 4.98. The predicted molar refractivity (Wildman–Crippen MR) is 77.7 cm³/mol. The maximum Gasteiger partial charge on any atom is 0.345 e. The lowest BCUT2D eigenvalue weighted by atomic mass is 10.0. The topological polar surface area (TPSA) is 74.7 Å². The quantitative estimate of drug-likeness (QED) is 0.906. The van der Waals surface area contributed by atoms with E-state index in [1.165, 1.54) is 12.1 Å². The van der Waals surface area contributed by atoms with Gasteiger partial charge in [0.15, 0.2) is 0 Å². The van der Waals surface area contributed by atoms with Crippen LogP contribution < -0.4 is 0 Å². The molecule has 0 bridgehead atoms. The molecule has 1 aromatic rings. The molecule has 0 aromatic carbocycles. The van der Waals surface area contributed by atoms with Gasteiger partial charge in [0.2, 0.25) is 0 Å². The third-order valence-electron chi connectivity index (χ3n) is 3.55. The van der Waals surface area contributed by atoms with Crippen LogP contribution in [0.15, 0.2) is 16.3 Å². The summed E-state index contributed by atoms with van der Waals surface area (Å²) in [4.78, 5) is 10.9. The van der Waals surface area contributed by atoms with Crippen molar-refractivity contribution >= 4 is 27.3 Å². The Morgan fingerprint density at radius 1 is 1.45 bits per heavy atom. The highest BCUT2D eigenvalue weighted by Crippen LogP contribution is 2.31. The molecule has 5 nitrogen and oxygen atoms in total. The average Bonchev–Trinajstić information content (AvgIpc) is 2.90. The number of thiophene rings is 1. The Bertz CT molecular complexity index is 577. The van der Waals surface area contributed by atoms with E-state index >= 15 is 0 Å². The van der Waals surface area contributed by atoms with Crippen LogP contribution in [0.3, 0.4) is 0 Å². The zero-order chi connectivity index (χ0) is 14.8. The minimum atomic E-state index is -3.56. The number of piperidine rings is 1. The predicted octanol–water partition coefficient (Wildman–Crippen LogP) is 2.79. The summed E-state index contributed by atoms with van der Waals surface area (Å²) in [5, 5.41) is 8.91. The van der Waals surface area contributed by atoms with Gasteiger partial charge in [-0.15, -0.1) is 11.3 Å².